The lowest BCUT2D eigenvalue weighted by Gasteiger charge is -2.74. The first-order chi connectivity index (χ1) is 17.2. The molecule has 1 aromatic carbocycles. The summed E-state index contributed by atoms with van der Waals surface area (Å²) in [6.07, 6.45) is 1.66. The highest BCUT2D eigenvalue weighted by Gasteiger charge is 2.71. The van der Waals surface area contributed by atoms with Gasteiger partial charge >= 0.3 is 0 Å². The first-order valence-corrected chi connectivity index (χ1v) is 12.3. The quantitative estimate of drug-likeness (QED) is 0.545. The fourth-order valence-corrected chi connectivity index (χ4v) is 6.37. The SMILES string of the molecule is Cc1nc(N[C@H](C)c2cccc(C(F)F)c2F)c2cn(C34CC(N5CCOCC5)(C3)C4)c(=O)cc2n1. The average Bonchev–Trinajstić information content (AvgIpc) is 2.78. The second-order valence-electron chi connectivity index (χ2n) is 10.4. The Kier molecular flexibility index (Phi) is 5.38. The third-order valence-electron chi connectivity index (χ3n) is 8.12. The molecule has 4 aliphatic rings. The zero-order chi connectivity index (χ0) is 25.2. The van der Waals surface area contributed by atoms with Gasteiger partial charge in [-0.1, -0.05) is 18.2 Å². The topological polar surface area (TPSA) is 72.3 Å². The molecule has 1 saturated heterocycles. The van der Waals surface area contributed by atoms with E-state index in [4.69, 9.17) is 4.74 Å². The highest BCUT2D eigenvalue weighted by Crippen LogP contribution is 2.67. The van der Waals surface area contributed by atoms with Gasteiger partial charge in [-0.15, -0.1) is 0 Å². The maximum atomic E-state index is 14.8. The van der Waals surface area contributed by atoms with Crippen LogP contribution in [-0.4, -0.2) is 51.3 Å². The molecule has 7 rings (SSSR count). The van der Waals surface area contributed by atoms with E-state index in [0.29, 0.717) is 22.5 Å². The fraction of sp³-hybridized carbons (Fsp3) is 0.500. The second-order valence-corrected chi connectivity index (χ2v) is 10.4. The summed E-state index contributed by atoms with van der Waals surface area (Å²) in [4.78, 5) is 24.6. The molecule has 7 nitrogen and oxygen atoms in total. The Labute approximate surface area is 206 Å². The summed E-state index contributed by atoms with van der Waals surface area (Å²) in [5.41, 5.74) is -0.172. The van der Waals surface area contributed by atoms with Crippen molar-refractivity contribution in [3.05, 3.63) is 63.6 Å². The molecule has 0 amide bonds. The van der Waals surface area contributed by atoms with Gasteiger partial charge in [-0.3, -0.25) is 9.69 Å². The molecule has 0 radical (unpaired) electrons. The summed E-state index contributed by atoms with van der Waals surface area (Å²) in [7, 11) is 0. The molecule has 3 aliphatic carbocycles. The molecular weight excluding hydrogens is 471 g/mol. The molecule has 1 aliphatic heterocycles. The Bertz CT molecular complexity index is 1380. The Morgan fingerprint density at radius 3 is 2.47 bits per heavy atom. The largest absolute Gasteiger partial charge is 0.379 e. The number of anilines is 1. The number of nitrogens with one attached hydrogen (secondary N) is 1. The van der Waals surface area contributed by atoms with Gasteiger partial charge in [0, 0.05) is 36.5 Å². The van der Waals surface area contributed by atoms with E-state index in [9.17, 15) is 18.0 Å². The van der Waals surface area contributed by atoms with Crippen molar-refractivity contribution in [1.82, 2.24) is 19.4 Å². The van der Waals surface area contributed by atoms with Crippen LogP contribution in [0.5, 0.6) is 0 Å². The van der Waals surface area contributed by atoms with Crippen molar-refractivity contribution >= 4 is 16.7 Å². The molecule has 10 heteroatoms. The number of rotatable bonds is 6. The van der Waals surface area contributed by atoms with Crippen LogP contribution in [0.1, 0.15) is 55.6 Å². The van der Waals surface area contributed by atoms with Crippen LogP contribution in [0, 0.1) is 12.7 Å². The number of fused-ring (bicyclic) bond motifs is 1. The minimum absolute atomic E-state index is 0.106. The monoisotopic (exact) mass is 499 g/mol. The molecule has 3 aromatic rings. The number of ether oxygens (including phenoxy) is 1. The van der Waals surface area contributed by atoms with E-state index < -0.39 is 23.8 Å². The number of hydrogen-bond acceptors (Lipinski definition) is 6. The van der Waals surface area contributed by atoms with E-state index in [-0.39, 0.29) is 22.2 Å². The van der Waals surface area contributed by atoms with Crippen LogP contribution < -0.4 is 10.9 Å². The van der Waals surface area contributed by atoms with Crippen molar-refractivity contribution in [3.8, 4) is 0 Å². The Morgan fingerprint density at radius 1 is 1.08 bits per heavy atom. The number of pyridine rings is 1. The smallest absolute Gasteiger partial charge is 0.266 e. The van der Waals surface area contributed by atoms with Crippen LogP contribution in [0.3, 0.4) is 0 Å². The van der Waals surface area contributed by atoms with Gasteiger partial charge in [-0.2, -0.15) is 0 Å². The lowest BCUT2D eigenvalue weighted by atomic mass is 9.43. The van der Waals surface area contributed by atoms with E-state index >= 15 is 0 Å². The Morgan fingerprint density at radius 2 is 1.78 bits per heavy atom. The van der Waals surface area contributed by atoms with E-state index in [0.717, 1.165) is 51.6 Å². The van der Waals surface area contributed by atoms with Crippen LogP contribution in [0.4, 0.5) is 19.0 Å². The lowest BCUT2D eigenvalue weighted by Crippen LogP contribution is -2.80. The number of morpholine rings is 1. The molecule has 1 N–H and O–H groups in total. The Hall–Kier alpha value is -2.98. The first-order valence-electron chi connectivity index (χ1n) is 12.3. The summed E-state index contributed by atoms with van der Waals surface area (Å²) in [5, 5.41) is 3.82. The Balaban J connectivity index is 1.32. The number of aromatic nitrogens is 3. The zero-order valence-corrected chi connectivity index (χ0v) is 20.2. The second kappa shape index (κ2) is 8.27. The zero-order valence-electron chi connectivity index (χ0n) is 20.2. The first kappa shape index (κ1) is 23.4. The molecule has 0 spiro atoms. The van der Waals surface area contributed by atoms with Gasteiger partial charge < -0.3 is 14.6 Å². The number of halogens is 3. The van der Waals surface area contributed by atoms with Gasteiger partial charge in [0.05, 0.1) is 41.3 Å². The molecule has 0 unspecified atom stereocenters. The minimum atomic E-state index is -2.90. The van der Waals surface area contributed by atoms with E-state index in [1.54, 1.807) is 20.0 Å². The normalized spacial score (nSPS) is 26.5. The highest BCUT2D eigenvalue weighted by molar-refractivity contribution is 5.88. The molecule has 2 aromatic heterocycles. The lowest BCUT2D eigenvalue weighted by molar-refractivity contribution is -0.221. The standard InChI is InChI=1S/C26H28F3N5O2/c1-15(17-4-3-5-18(22(17)27)23(28)29)30-24-19-11-34(21(35)10-20(19)31-16(2)32-24)26-12-25(13-26,14-26)33-6-8-36-9-7-33/h3-5,10-11,15,23H,6-9,12-14H2,1-2H3,(H,30,31,32)/t15-,25?,26?/m1/s1. The van der Waals surface area contributed by atoms with Crippen molar-refractivity contribution in [3.63, 3.8) is 0 Å². The van der Waals surface area contributed by atoms with Gasteiger partial charge in [0.1, 0.15) is 17.5 Å². The third kappa shape index (κ3) is 3.53. The maximum Gasteiger partial charge on any atom is 0.266 e. The fourth-order valence-electron chi connectivity index (χ4n) is 6.37. The molecular formula is C26H28F3N5O2. The summed E-state index contributed by atoms with van der Waals surface area (Å²) in [6.45, 7) is 6.74. The van der Waals surface area contributed by atoms with Crippen LogP contribution >= 0.6 is 0 Å². The molecule has 3 saturated carbocycles. The van der Waals surface area contributed by atoms with Crippen molar-refractivity contribution < 1.29 is 17.9 Å². The maximum absolute atomic E-state index is 14.8. The number of alkyl halides is 2. The van der Waals surface area contributed by atoms with Crippen LogP contribution in [0.15, 0.2) is 35.3 Å². The van der Waals surface area contributed by atoms with Crippen molar-refractivity contribution in [2.75, 3.05) is 31.6 Å². The number of nitrogens with zero attached hydrogens (tertiary/aromatic N) is 4. The summed E-state index contributed by atoms with van der Waals surface area (Å²) < 4.78 is 48.5. The molecule has 4 fully saturated rings. The van der Waals surface area contributed by atoms with Crippen molar-refractivity contribution in [2.24, 2.45) is 0 Å². The molecule has 36 heavy (non-hydrogen) atoms. The summed E-state index contributed by atoms with van der Waals surface area (Å²) in [6, 6.07) is 4.89. The molecule has 190 valence electrons. The van der Waals surface area contributed by atoms with Gasteiger partial charge in [0.2, 0.25) is 0 Å². The molecule has 3 heterocycles. The van der Waals surface area contributed by atoms with Gasteiger partial charge in [-0.25, -0.2) is 23.1 Å². The van der Waals surface area contributed by atoms with E-state index in [1.807, 2.05) is 4.57 Å². The van der Waals surface area contributed by atoms with Gasteiger partial charge in [0.15, 0.2) is 0 Å². The van der Waals surface area contributed by atoms with Gasteiger partial charge in [-0.05, 0) is 33.1 Å². The predicted molar refractivity (Wildman–Crippen MR) is 129 cm³/mol. The summed E-state index contributed by atoms with van der Waals surface area (Å²) in [5.74, 6) is -0.0372. The average molecular weight is 500 g/mol. The predicted octanol–water partition coefficient (Wildman–Crippen LogP) is 4.31. The minimum Gasteiger partial charge on any atom is -0.379 e. The van der Waals surface area contributed by atoms with E-state index in [1.165, 1.54) is 18.2 Å². The number of hydrogen-bond donors (Lipinski definition) is 1. The highest BCUT2D eigenvalue weighted by atomic mass is 19.3. The summed E-state index contributed by atoms with van der Waals surface area (Å²) >= 11 is 0. The van der Waals surface area contributed by atoms with Crippen molar-refractivity contribution in [2.45, 2.75) is 56.7 Å². The number of benzene rings is 1. The number of aryl methyl sites for hydroxylation is 1. The van der Waals surface area contributed by atoms with Gasteiger partial charge in [0.25, 0.3) is 12.0 Å². The van der Waals surface area contributed by atoms with Crippen molar-refractivity contribution in [1.29, 1.82) is 0 Å². The van der Waals surface area contributed by atoms with Crippen LogP contribution in [0.2, 0.25) is 0 Å². The molecule has 1 atom stereocenters. The molecule has 2 bridgehead atoms. The van der Waals surface area contributed by atoms with Crippen LogP contribution in [-0.2, 0) is 10.3 Å². The van der Waals surface area contributed by atoms with E-state index in [2.05, 4.69) is 20.2 Å². The van der Waals surface area contributed by atoms with Crippen LogP contribution in [0.25, 0.3) is 10.9 Å². The third-order valence-corrected chi connectivity index (χ3v) is 8.12.